The predicted molar refractivity (Wildman–Crippen MR) is 80.5 cm³/mol. The molecule has 1 aromatic heterocycles. The Kier molecular flexibility index (Phi) is 3.78. The van der Waals surface area contributed by atoms with Gasteiger partial charge in [0.25, 0.3) is 0 Å². The van der Waals surface area contributed by atoms with Crippen LogP contribution in [-0.4, -0.2) is 23.1 Å². The molecule has 0 fully saturated rings. The molecule has 0 radical (unpaired) electrons. The third-order valence-electron chi connectivity index (χ3n) is 3.51. The third kappa shape index (κ3) is 2.88. The molecule has 3 rings (SSSR count). The van der Waals surface area contributed by atoms with Crippen molar-refractivity contribution in [1.29, 1.82) is 0 Å². The quantitative estimate of drug-likeness (QED) is 0.784. The predicted octanol–water partition coefficient (Wildman–Crippen LogP) is 1.36. The lowest BCUT2D eigenvalue weighted by Crippen LogP contribution is -2.16. The first-order chi connectivity index (χ1) is 9.83. The summed E-state index contributed by atoms with van der Waals surface area (Å²) in [6.45, 7) is 2.59. The van der Waals surface area contributed by atoms with Crippen molar-refractivity contribution in [3.05, 3.63) is 47.2 Å². The molecule has 0 saturated heterocycles. The number of nitrogens with zero attached hydrogens (tertiary/aromatic N) is 2. The second-order valence-electron chi connectivity index (χ2n) is 4.95. The summed E-state index contributed by atoms with van der Waals surface area (Å²) < 4.78 is 0. The molecule has 5 nitrogen and oxygen atoms in total. The van der Waals surface area contributed by atoms with Crippen LogP contribution >= 0.6 is 0 Å². The van der Waals surface area contributed by atoms with Crippen LogP contribution in [0.3, 0.4) is 0 Å². The van der Waals surface area contributed by atoms with Gasteiger partial charge in [0, 0.05) is 25.1 Å². The second kappa shape index (κ2) is 5.88. The summed E-state index contributed by atoms with van der Waals surface area (Å²) in [6.07, 6.45) is 1.81. The standard InChI is InChI=1S/C15H19N5/c16-14-12-6-8-17-9-7-13(12)19-15(20-14)18-10-11-4-2-1-3-5-11/h1-5,17H,6-10H2,(H3,16,18,19,20). The van der Waals surface area contributed by atoms with Crippen LogP contribution in [-0.2, 0) is 19.4 Å². The highest BCUT2D eigenvalue weighted by atomic mass is 15.1. The lowest BCUT2D eigenvalue weighted by molar-refractivity contribution is 0.708. The molecule has 0 amide bonds. The zero-order valence-electron chi connectivity index (χ0n) is 11.4. The summed E-state index contributed by atoms with van der Waals surface area (Å²) in [6, 6.07) is 10.2. The monoisotopic (exact) mass is 269 g/mol. The van der Waals surface area contributed by atoms with Crippen LogP contribution in [0, 0.1) is 0 Å². The fourth-order valence-electron chi connectivity index (χ4n) is 2.43. The highest BCUT2D eigenvalue weighted by Gasteiger charge is 2.14. The van der Waals surface area contributed by atoms with Gasteiger partial charge in [-0.25, -0.2) is 4.98 Å². The molecule has 1 aromatic carbocycles. The van der Waals surface area contributed by atoms with E-state index in [1.165, 1.54) is 5.56 Å². The minimum atomic E-state index is 0.606. The van der Waals surface area contributed by atoms with Gasteiger partial charge >= 0.3 is 0 Å². The zero-order chi connectivity index (χ0) is 13.8. The van der Waals surface area contributed by atoms with E-state index in [9.17, 15) is 0 Å². The zero-order valence-corrected chi connectivity index (χ0v) is 11.4. The van der Waals surface area contributed by atoms with Gasteiger partial charge in [-0.15, -0.1) is 0 Å². The second-order valence-corrected chi connectivity index (χ2v) is 4.95. The van der Waals surface area contributed by atoms with Crippen LogP contribution in [0.1, 0.15) is 16.8 Å². The van der Waals surface area contributed by atoms with E-state index >= 15 is 0 Å². The van der Waals surface area contributed by atoms with Crippen LogP contribution in [0.4, 0.5) is 11.8 Å². The van der Waals surface area contributed by atoms with E-state index in [1.54, 1.807) is 0 Å². The average molecular weight is 269 g/mol. The number of nitrogens with two attached hydrogens (primary N) is 1. The molecule has 2 aromatic rings. The molecule has 0 atom stereocenters. The highest BCUT2D eigenvalue weighted by Crippen LogP contribution is 2.19. The maximum absolute atomic E-state index is 6.06. The molecular formula is C15H19N5. The fraction of sp³-hybridized carbons (Fsp3) is 0.333. The summed E-state index contributed by atoms with van der Waals surface area (Å²) in [4.78, 5) is 8.98. The Balaban J connectivity index is 1.77. The molecule has 0 aliphatic carbocycles. The van der Waals surface area contributed by atoms with Crippen molar-refractivity contribution < 1.29 is 0 Å². The minimum absolute atomic E-state index is 0.606. The van der Waals surface area contributed by atoms with Crippen molar-refractivity contribution in [2.45, 2.75) is 19.4 Å². The van der Waals surface area contributed by atoms with Gasteiger partial charge in [0.15, 0.2) is 0 Å². The van der Waals surface area contributed by atoms with Crippen LogP contribution in [0.2, 0.25) is 0 Å². The van der Waals surface area contributed by atoms with E-state index in [-0.39, 0.29) is 0 Å². The molecule has 104 valence electrons. The summed E-state index contributed by atoms with van der Waals surface area (Å²) in [5.41, 5.74) is 9.43. The molecule has 5 heteroatoms. The number of aromatic nitrogens is 2. The van der Waals surface area contributed by atoms with E-state index < -0.39 is 0 Å². The number of anilines is 2. The van der Waals surface area contributed by atoms with Crippen LogP contribution in [0.25, 0.3) is 0 Å². The molecule has 2 heterocycles. The maximum atomic E-state index is 6.06. The number of fused-ring (bicyclic) bond motifs is 1. The van der Waals surface area contributed by atoms with Crippen molar-refractivity contribution >= 4 is 11.8 Å². The van der Waals surface area contributed by atoms with Crippen molar-refractivity contribution in [2.24, 2.45) is 0 Å². The van der Waals surface area contributed by atoms with Gasteiger partial charge in [0.1, 0.15) is 5.82 Å². The first kappa shape index (κ1) is 12.9. The summed E-state index contributed by atoms with van der Waals surface area (Å²) in [5.74, 6) is 1.22. The van der Waals surface area contributed by atoms with Gasteiger partial charge in [-0.3, -0.25) is 0 Å². The Morgan fingerprint density at radius 2 is 1.90 bits per heavy atom. The number of benzene rings is 1. The fourth-order valence-corrected chi connectivity index (χ4v) is 2.43. The molecule has 20 heavy (non-hydrogen) atoms. The van der Waals surface area contributed by atoms with E-state index in [2.05, 4.69) is 32.7 Å². The molecule has 0 spiro atoms. The van der Waals surface area contributed by atoms with Crippen molar-refractivity contribution in [3.8, 4) is 0 Å². The van der Waals surface area contributed by atoms with Crippen molar-refractivity contribution in [1.82, 2.24) is 15.3 Å². The van der Waals surface area contributed by atoms with Crippen molar-refractivity contribution in [2.75, 3.05) is 24.1 Å². The topological polar surface area (TPSA) is 75.9 Å². The van der Waals surface area contributed by atoms with Crippen molar-refractivity contribution in [3.63, 3.8) is 0 Å². The number of nitrogen functional groups attached to an aromatic ring is 1. The van der Waals surface area contributed by atoms with Gasteiger partial charge in [0.2, 0.25) is 5.95 Å². The number of hydrogen-bond acceptors (Lipinski definition) is 5. The smallest absolute Gasteiger partial charge is 0.225 e. The normalized spacial score (nSPS) is 14.4. The third-order valence-corrected chi connectivity index (χ3v) is 3.51. The van der Waals surface area contributed by atoms with Crippen LogP contribution in [0.15, 0.2) is 30.3 Å². The van der Waals surface area contributed by atoms with Gasteiger partial charge in [-0.1, -0.05) is 30.3 Å². The number of nitrogens with one attached hydrogen (secondary N) is 2. The first-order valence-corrected chi connectivity index (χ1v) is 6.97. The lowest BCUT2D eigenvalue weighted by Gasteiger charge is -2.11. The Morgan fingerprint density at radius 1 is 1.10 bits per heavy atom. The molecule has 4 N–H and O–H groups in total. The Morgan fingerprint density at radius 3 is 2.75 bits per heavy atom. The molecule has 1 aliphatic heterocycles. The van der Waals surface area contributed by atoms with Gasteiger partial charge in [-0.2, -0.15) is 4.98 Å². The van der Waals surface area contributed by atoms with E-state index in [0.29, 0.717) is 18.3 Å². The molecule has 1 aliphatic rings. The number of hydrogen-bond donors (Lipinski definition) is 3. The van der Waals surface area contributed by atoms with E-state index in [1.807, 2.05) is 18.2 Å². The summed E-state index contributed by atoms with van der Waals surface area (Å²) in [7, 11) is 0. The maximum Gasteiger partial charge on any atom is 0.225 e. The molecular weight excluding hydrogens is 250 g/mol. The van der Waals surface area contributed by atoms with Gasteiger partial charge in [-0.05, 0) is 18.5 Å². The molecule has 0 saturated carbocycles. The minimum Gasteiger partial charge on any atom is -0.383 e. The van der Waals surface area contributed by atoms with Gasteiger partial charge in [0.05, 0.1) is 5.69 Å². The first-order valence-electron chi connectivity index (χ1n) is 6.97. The van der Waals surface area contributed by atoms with Gasteiger partial charge < -0.3 is 16.4 Å². The van der Waals surface area contributed by atoms with Crippen LogP contribution < -0.4 is 16.4 Å². The Labute approximate surface area is 118 Å². The largest absolute Gasteiger partial charge is 0.383 e. The lowest BCUT2D eigenvalue weighted by atomic mass is 10.1. The molecule has 0 unspecified atom stereocenters. The number of rotatable bonds is 3. The van der Waals surface area contributed by atoms with E-state index in [4.69, 9.17) is 5.73 Å². The SMILES string of the molecule is Nc1nc(NCc2ccccc2)nc2c1CCNCC2. The summed E-state index contributed by atoms with van der Waals surface area (Å²) in [5, 5.41) is 6.60. The van der Waals surface area contributed by atoms with E-state index in [0.717, 1.165) is 37.2 Å². The summed E-state index contributed by atoms with van der Waals surface area (Å²) >= 11 is 0. The highest BCUT2D eigenvalue weighted by molar-refractivity contribution is 5.48. The average Bonchev–Trinajstić information content (AvgIpc) is 2.72. The molecule has 0 bridgehead atoms. The van der Waals surface area contributed by atoms with Crippen LogP contribution in [0.5, 0.6) is 0 Å². The Bertz CT molecular complexity index is 582. The Hall–Kier alpha value is -2.14.